The number of furan rings is 5. The first kappa shape index (κ1) is 36.2. The minimum Gasteiger partial charge on any atom is -0.456 e. The predicted octanol–water partition coefficient (Wildman–Crippen LogP) is 18.1. The molecule has 0 atom stereocenters. The third-order valence-corrected chi connectivity index (χ3v) is 13.4. The lowest BCUT2D eigenvalue weighted by Crippen LogP contribution is -2.10. The molecule has 0 amide bonds. The van der Waals surface area contributed by atoms with Crippen LogP contribution in [0.2, 0.25) is 0 Å². The molecule has 0 bridgehead atoms. The molecule has 0 aliphatic carbocycles. The van der Waals surface area contributed by atoms with Gasteiger partial charge in [-0.05, 0) is 97.1 Å². The lowest BCUT2D eigenvalue weighted by molar-refractivity contribution is 0.651. The van der Waals surface area contributed by atoms with Crippen molar-refractivity contribution in [3.63, 3.8) is 0 Å². The molecule has 0 unspecified atom stereocenters. The van der Waals surface area contributed by atoms with Gasteiger partial charge < -0.3 is 31.9 Å². The Kier molecular flexibility index (Phi) is 7.37. The highest BCUT2D eigenvalue weighted by molar-refractivity contribution is 6.20. The summed E-state index contributed by atoms with van der Waals surface area (Å²) >= 11 is 0. The van der Waals surface area contributed by atoms with E-state index in [4.69, 9.17) is 22.1 Å². The van der Waals surface area contributed by atoms with Crippen molar-refractivity contribution in [1.82, 2.24) is 0 Å². The van der Waals surface area contributed by atoms with Crippen LogP contribution in [0.5, 0.6) is 0 Å². The smallest absolute Gasteiger partial charge is 0.139 e. The maximum Gasteiger partial charge on any atom is 0.139 e. The first-order chi connectivity index (χ1) is 33.2. The number of para-hydroxylation sites is 4. The number of anilines is 6. The van der Waals surface area contributed by atoms with Gasteiger partial charge in [0.1, 0.15) is 55.8 Å². The van der Waals surface area contributed by atoms with Gasteiger partial charge >= 0.3 is 0 Å². The monoisotopic (exact) mass is 862 g/mol. The van der Waals surface area contributed by atoms with E-state index in [1.54, 1.807) is 0 Å². The topological polar surface area (TPSA) is 72.2 Å². The van der Waals surface area contributed by atoms with Gasteiger partial charge in [-0.25, -0.2) is 0 Å². The van der Waals surface area contributed by atoms with Gasteiger partial charge in [0.25, 0.3) is 0 Å². The average Bonchev–Trinajstić information content (AvgIpc) is 4.19. The number of rotatable bonds is 6. The third-order valence-electron chi connectivity index (χ3n) is 13.4. The third kappa shape index (κ3) is 5.34. The zero-order chi connectivity index (χ0) is 43.7. The van der Waals surface area contributed by atoms with Crippen LogP contribution in [-0.2, 0) is 0 Å². The molecule has 7 heteroatoms. The molecule has 314 valence electrons. The quantitative estimate of drug-likeness (QED) is 0.165. The van der Waals surface area contributed by atoms with Gasteiger partial charge in [-0.2, -0.15) is 0 Å². The molecule has 0 aliphatic rings. The van der Waals surface area contributed by atoms with E-state index in [2.05, 4.69) is 155 Å². The van der Waals surface area contributed by atoms with E-state index >= 15 is 0 Å². The van der Waals surface area contributed by atoms with E-state index < -0.39 is 0 Å². The van der Waals surface area contributed by atoms with Crippen LogP contribution in [0.1, 0.15) is 0 Å². The summed E-state index contributed by atoms with van der Waals surface area (Å²) in [6, 6.07) is 71.2. The summed E-state index contributed by atoms with van der Waals surface area (Å²) in [5, 5.41) is 10.4. The van der Waals surface area contributed by atoms with Crippen molar-refractivity contribution < 1.29 is 22.1 Å². The van der Waals surface area contributed by atoms with Crippen LogP contribution in [0.3, 0.4) is 0 Å². The van der Waals surface area contributed by atoms with Crippen molar-refractivity contribution in [2.75, 3.05) is 9.80 Å². The normalized spacial score (nSPS) is 12.2. The molecular weight excluding hydrogens is 829 g/mol. The largest absolute Gasteiger partial charge is 0.456 e. The van der Waals surface area contributed by atoms with Crippen molar-refractivity contribution >= 4 is 144 Å². The van der Waals surface area contributed by atoms with Crippen LogP contribution in [0.15, 0.2) is 228 Å². The van der Waals surface area contributed by atoms with Crippen LogP contribution < -0.4 is 9.80 Å². The second-order valence-corrected chi connectivity index (χ2v) is 17.2. The highest BCUT2D eigenvalue weighted by atomic mass is 16.4. The van der Waals surface area contributed by atoms with Crippen molar-refractivity contribution in [3.05, 3.63) is 206 Å². The Morgan fingerprint density at radius 3 is 1.01 bits per heavy atom. The first-order valence-corrected chi connectivity index (χ1v) is 22.4. The summed E-state index contributed by atoms with van der Waals surface area (Å²) in [5.74, 6) is 0. The fourth-order valence-corrected chi connectivity index (χ4v) is 10.5. The molecule has 15 aromatic rings. The first-order valence-electron chi connectivity index (χ1n) is 22.4. The van der Waals surface area contributed by atoms with E-state index in [9.17, 15) is 0 Å². The van der Waals surface area contributed by atoms with Crippen LogP contribution in [-0.4, -0.2) is 0 Å². The number of nitrogens with zero attached hydrogens (tertiary/aromatic N) is 2. The van der Waals surface area contributed by atoms with Gasteiger partial charge in [0.05, 0.1) is 22.1 Å². The Balaban J connectivity index is 0.856. The van der Waals surface area contributed by atoms with Crippen LogP contribution >= 0.6 is 0 Å². The number of hydrogen-bond donors (Lipinski definition) is 0. The zero-order valence-electron chi connectivity index (χ0n) is 35.6. The van der Waals surface area contributed by atoms with E-state index in [1.165, 1.54) is 0 Å². The zero-order valence-corrected chi connectivity index (χ0v) is 35.6. The Morgan fingerprint density at radius 1 is 0.209 bits per heavy atom. The fraction of sp³-hybridized carbons (Fsp3) is 0. The molecule has 0 saturated heterocycles. The molecule has 5 aromatic heterocycles. The van der Waals surface area contributed by atoms with Crippen molar-refractivity contribution in [2.45, 2.75) is 0 Å². The summed E-state index contributed by atoms with van der Waals surface area (Å²) in [7, 11) is 0. The maximum absolute atomic E-state index is 6.68. The Bertz CT molecular complexity index is 4190. The summed E-state index contributed by atoms with van der Waals surface area (Å²) in [4.78, 5) is 4.56. The van der Waals surface area contributed by atoms with Crippen LogP contribution in [0.25, 0.3) is 110 Å². The molecule has 0 N–H and O–H groups in total. The molecule has 67 heavy (non-hydrogen) atoms. The lowest BCUT2D eigenvalue weighted by Gasteiger charge is -2.26. The molecule has 10 aromatic carbocycles. The average molecular weight is 863 g/mol. The fourth-order valence-electron chi connectivity index (χ4n) is 10.5. The van der Waals surface area contributed by atoms with Gasteiger partial charge in [0.15, 0.2) is 0 Å². The highest BCUT2D eigenvalue weighted by Crippen LogP contribution is 2.47. The Labute approximate surface area is 380 Å². The highest BCUT2D eigenvalue weighted by Gasteiger charge is 2.24. The molecule has 5 heterocycles. The maximum atomic E-state index is 6.68. The van der Waals surface area contributed by atoms with E-state index in [0.29, 0.717) is 0 Å². The number of benzene rings is 10. The standard InChI is InChI=1S/C60H34N2O5/c1-3-13-35(14-4-1)61(47-19-11-23-51-59(47)41-17-7-9-21-49(41)63-51)37-25-27-39-43-31-45-46-32-44-40-28-26-38(30-54(40)66-56(44)34-58(46)67-57(45)33-55(43)65-53(39)29-37)62(36-15-5-2-6-16-36)48-20-12-24-52-60(48)42-18-8-10-22-50(42)64-52/h1-34H. The van der Waals surface area contributed by atoms with E-state index in [1.807, 2.05) is 60.7 Å². The minimum atomic E-state index is 0.755. The van der Waals surface area contributed by atoms with Crippen molar-refractivity contribution in [1.29, 1.82) is 0 Å². The van der Waals surface area contributed by atoms with Crippen LogP contribution in [0, 0.1) is 0 Å². The van der Waals surface area contributed by atoms with Gasteiger partial charge in [-0.3, -0.25) is 0 Å². The second-order valence-electron chi connectivity index (χ2n) is 17.2. The summed E-state index contributed by atoms with van der Waals surface area (Å²) in [6.45, 7) is 0. The summed E-state index contributed by atoms with van der Waals surface area (Å²) in [5.41, 5.74) is 14.1. The van der Waals surface area contributed by atoms with Gasteiger partial charge in [0.2, 0.25) is 0 Å². The molecule has 0 fully saturated rings. The van der Waals surface area contributed by atoms with Crippen LogP contribution in [0.4, 0.5) is 34.1 Å². The van der Waals surface area contributed by atoms with Crippen molar-refractivity contribution in [3.8, 4) is 0 Å². The lowest BCUT2D eigenvalue weighted by atomic mass is 10.0. The van der Waals surface area contributed by atoms with Crippen molar-refractivity contribution in [2.24, 2.45) is 0 Å². The number of fused-ring (bicyclic) bond motifs is 15. The van der Waals surface area contributed by atoms with Gasteiger partial charge in [0, 0.05) is 90.1 Å². The SMILES string of the molecule is c1ccc(N(c2ccc3c(c2)oc2cc4oc5cc6oc7cc(N(c8ccccc8)c8cccc9oc%10ccccc%10c89)ccc7c6cc5c4cc23)c2cccc3oc4ccccc4c23)cc1. The predicted molar refractivity (Wildman–Crippen MR) is 272 cm³/mol. The Hall–Kier alpha value is -9.20. The van der Waals surface area contributed by atoms with E-state index in [-0.39, 0.29) is 0 Å². The molecule has 0 radical (unpaired) electrons. The molecule has 0 aliphatic heterocycles. The molecule has 0 saturated carbocycles. The minimum absolute atomic E-state index is 0.755. The Morgan fingerprint density at radius 2 is 0.567 bits per heavy atom. The number of hydrogen-bond acceptors (Lipinski definition) is 7. The van der Waals surface area contributed by atoms with Gasteiger partial charge in [-0.1, -0.05) is 84.9 Å². The second kappa shape index (κ2) is 13.7. The molecule has 15 rings (SSSR count). The summed E-state index contributed by atoms with van der Waals surface area (Å²) in [6.07, 6.45) is 0. The molecular formula is C60H34N2O5. The van der Waals surface area contributed by atoms with Gasteiger partial charge in [-0.15, -0.1) is 0 Å². The summed E-state index contributed by atoms with van der Waals surface area (Å²) < 4.78 is 32.6. The molecule has 7 nitrogen and oxygen atoms in total. The molecule has 0 spiro atoms. The van der Waals surface area contributed by atoms with E-state index in [0.717, 1.165) is 144 Å².